The van der Waals surface area contributed by atoms with E-state index in [1.54, 1.807) is 0 Å². The lowest BCUT2D eigenvalue weighted by Crippen LogP contribution is -2.36. The maximum Gasteiger partial charge on any atom is 0.148 e. The maximum absolute atomic E-state index is 7.62. The van der Waals surface area contributed by atoms with E-state index in [0.717, 1.165) is 6.54 Å². The molecule has 0 saturated carbocycles. The molecule has 2 aromatic heterocycles. The van der Waals surface area contributed by atoms with Crippen LogP contribution in [0.4, 0.5) is 0 Å². The highest BCUT2D eigenvalue weighted by Crippen LogP contribution is 2.62. The predicted molar refractivity (Wildman–Crippen MR) is 172 cm³/mol. The predicted octanol–water partition coefficient (Wildman–Crippen LogP) is 9.20. The molecule has 0 spiro atoms. The summed E-state index contributed by atoms with van der Waals surface area (Å²) in [6.07, 6.45) is 0. The SMILES string of the molecule is Cc1c(C)c(C)c2c(c1C)c1c3c(c4c5c(C)c(C)c(C)c(C)c5n5c4c1n2C1(C)OC5(C)C(C)C1C)C(C)NC3. The third-order valence-electron chi connectivity index (χ3n) is 13.1. The zero-order valence-corrected chi connectivity index (χ0v) is 27.2. The largest absolute Gasteiger partial charge is 0.329 e. The lowest BCUT2D eigenvalue weighted by molar-refractivity contribution is -0.173. The lowest BCUT2D eigenvalue weighted by atomic mass is 9.83. The monoisotopic (exact) mass is 547 g/mol. The third kappa shape index (κ3) is 2.48. The Bertz CT molecular complexity index is 2090. The summed E-state index contributed by atoms with van der Waals surface area (Å²) in [4.78, 5) is 0. The summed E-state index contributed by atoms with van der Waals surface area (Å²) in [5.41, 5.74) is 18.8. The summed E-state index contributed by atoms with van der Waals surface area (Å²) in [5.74, 6) is 0.650. The summed E-state index contributed by atoms with van der Waals surface area (Å²) < 4.78 is 13.0. The fourth-order valence-electron chi connectivity index (χ4n) is 9.67. The highest BCUT2D eigenvalue weighted by molar-refractivity contribution is 6.27. The Balaban J connectivity index is 1.85. The van der Waals surface area contributed by atoms with Crippen LogP contribution in [0.25, 0.3) is 43.6 Å². The first kappa shape index (κ1) is 25.9. The van der Waals surface area contributed by atoms with Crippen molar-refractivity contribution in [3.8, 4) is 0 Å². The number of aryl methyl sites for hydroxylation is 4. The minimum atomic E-state index is -0.475. The van der Waals surface area contributed by atoms with Crippen molar-refractivity contribution in [3.63, 3.8) is 0 Å². The Labute approximate surface area is 244 Å². The molecule has 1 saturated heterocycles. The van der Waals surface area contributed by atoms with Crippen LogP contribution < -0.4 is 5.32 Å². The van der Waals surface area contributed by atoms with Crippen LogP contribution in [0.3, 0.4) is 0 Å². The highest BCUT2D eigenvalue weighted by atomic mass is 16.6. The van der Waals surface area contributed by atoms with Crippen molar-refractivity contribution >= 4 is 43.6 Å². The van der Waals surface area contributed by atoms with Crippen LogP contribution in [0.5, 0.6) is 0 Å². The van der Waals surface area contributed by atoms with Crippen LogP contribution in [0.1, 0.15) is 96.3 Å². The average Bonchev–Trinajstić information content (AvgIpc) is 3.63. The first-order valence-corrected chi connectivity index (χ1v) is 15.7. The molecule has 0 radical (unpaired) electrons. The van der Waals surface area contributed by atoms with E-state index in [4.69, 9.17) is 4.74 Å². The van der Waals surface area contributed by atoms with E-state index in [1.807, 2.05) is 0 Å². The molecule has 0 aliphatic carbocycles. The molecule has 1 N–H and O–H groups in total. The molecular weight excluding hydrogens is 502 g/mol. The molecule has 5 unspecified atom stereocenters. The molecule has 5 heterocycles. The Hall–Kier alpha value is -2.82. The number of nitrogens with zero attached hydrogens (tertiary/aromatic N) is 2. The number of hydrogen-bond acceptors (Lipinski definition) is 2. The minimum absolute atomic E-state index is 0.294. The quantitative estimate of drug-likeness (QED) is 0.209. The van der Waals surface area contributed by atoms with Gasteiger partial charge in [0.1, 0.15) is 11.4 Å². The first-order valence-electron chi connectivity index (χ1n) is 15.7. The molecule has 3 aromatic carbocycles. The smallest absolute Gasteiger partial charge is 0.148 e. The van der Waals surface area contributed by atoms with E-state index in [2.05, 4.69) is 104 Å². The minimum Gasteiger partial charge on any atom is -0.329 e. The Morgan fingerprint density at radius 1 is 0.561 bits per heavy atom. The summed E-state index contributed by atoms with van der Waals surface area (Å²) in [7, 11) is 0. The second-order valence-electron chi connectivity index (χ2n) is 14.3. The normalized spacial score (nSPS) is 28.8. The maximum atomic E-state index is 7.62. The topological polar surface area (TPSA) is 31.1 Å². The number of ether oxygens (including phenoxy) is 1. The second-order valence-corrected chi connectivity index (χ2v) is 14.3. The average molecular weight is 548 g/mol. The molecule has 3 aliphatic rings. The van der Waals surface area contributed by atoms with Gasteiger partial charge in [-0.25, -0.2) is 0 Å². The van der Waals surface area contributed by atoms with E-state index in [9.17, 15) is 0 Å². The van der Waals surface area contributed by atoms with E-state index in [-0.39, 0.29) is 0 Å². The third-order valence-corrected chi connectivity index (χ3v) is 13.1. The fourth-order valence-corrected chi connectivity index (χ4v) is 9.67. The molecule has 8 rings (SSSR count). The summed E-state index contributed by atoms with van der Waals surface area (Å²) in [6.45, 7) is 31.5. The van der Waals surface area contributed by atoms with Crippen LogP contribution in [0, 0.1) is 67.2 Å². The van der Waals surface area contributed by atoms with Gasteiger partial charge in [0.15, 0.2) is 0 Å². The van der Waals surface area contributed by atoms with Crippen LogP contribution in [0.2, 0.25) is 0 Å². The summed E-state index contributed by atoms with van der Waals surface area (Å²) in [5, 5.41) is 9.68. The molecule has 41 heavy (non-hydrogen) atoms. The van der Waals surface area contributed by atoms with Crippen LogP contribution in [-0.4, -0.2) is 9.13 Å². The number of nitrogens with one attached hydrogen (secondary N) is 1. The summed E-state index contributed by atoms with van der Waals surface area (Å²) in [6, 6.07) is 0.294. The Kier molecular flexibility index (Phi) is 4.66. The van der Waals surface area contributed by atoms with Crippen LogP contribution in [0.15, 0.2) is 0 Å². The van der Waals surface area contributed by atoms with Crippen LogP contribution >= 0.6 is 0 Å². The van der Waals surface area contributed by atoms with Gasteiger partial charge < -0.3 is 19.2 Å². The van der Waals surface area contributed by atoms with Gasteiger partial charge in [0, 0.05) is 46.0 Å². The van der Waals surface area contributed by atoms with Gasteiger partial charge in [-0.2, -0.15) is 0 Å². The van der Waals surface area contributed by atoms with Gasteiger partial charge in [0.2, 0.25) is 0 Å². The molecule has 3 aliphatic heterocycles. The van der Waals surface area contributed by atoms with Crippen molar-refractivity contribution in [3.05, 3.63) is 55.6 Å². The van der Waals surface area contributed by atoms with Crippen molar-refractivity contribution in [2.45, 2.75) is 114 Å². The van der Waals surface area contributed by atoms with E-state index in [1.165, 1.54) is 99.2 Å². The first-order chi connectivity index (χ1) is 19.2. The van der Waals surface area contributed by atoms with Crippen molar-refractivity contribution < 1.29 is 4.74 Å². The zero-order valence-electron chi connectivity index (χ0n) is 27.2. The standard InChI is InChI=1S/C37H45N3O/c1-15-17(3)21(7)32-27(19(15)5)30-26-14-38-25(11)29(26)31-28-20(6)16(2)18(4)22(8)33(28)40-35(31)34(30)39(32)36(12)23(9)24(10)37(40,13)41-36/h23-25,38H,14H2,1-13H3. The number of hydrogen-bond donors (Lipinski definition) is 1. The molecule has 0 amide bonds. The number of rotatable bonds is 0. The molecule has 4 nitrogen and oxygen atoms in total. The fraction of sp³-hybridized carbons (Fsp3) is 0.514. The van der Waals surface area contributed by atoms with Gasteiger partial charge in [0.05, 0.1) is 22.1 Å². The zero-order chi connectivity index (χ0) is 29.4. The number of fused-ring (bicyclic) bond motifs is 13. The van der Waals surface area contributed by atoms with Crippen molar-refractivity contribution in [2.24, 2.45) is 11.8 Å². The lowest BCUT2D eigenvalue weighted by Gasteiger charge is -2.34. The van der Waals surface area contributed by atoms with Gasteiger partial charge in [-0.15, -0.1) is 0 Å². The van der Waals surface area contributed by atoms with E-state index in [0.29, 0.717) is 17.9 Å². The Morgan fingerprint density at radius 2 is 0.976 bits per heavy atom. The second kappa shape index (κ2) is 7.38. The molecule has 214 valence electrons. The van der Waals surface area contributed by atoms with Gasteiger partial charge in [0.25, 0.3) is 0 Å². The van der Waals surface area contributed by atoms with Crippen molar-refractivity contribution in [1.82, 2.24) is 14.5 Å². The van der Waals surface area contributed by atoms with E-state index >= 15 is 0 Å². The summed E-state index contributed by atoms with van der Waals surface area (Å²) >= 11 is 0. The molecule has 2 bridgehead atoms. The van der Waals surface area contributed by atoms with Crippen molar-refractivity contribution in [2.75, 3.05) is 0 Å². The molecule has 4 heteroatoms. The Morgan fingerprint density at radius 3 is 1.46 bits per heavy atom. The molecule has 5 aromatic rings. The van der Waals surface area contributed by atoms with Gasteiger partial charge in [-0.05, 0) is 132 Å². The van der Waals surface area contributed by atoms with Crippen LogP contribution in [-0.2, 0) is 22.7 Å². The number of aromatic nitrogens is 2. The van der Waals surface area contributed by atoms with E-state index < -0.39 is 11.4 Å². The highest BCUT2D eigenvalue weighted by Gasteiger charge is 2.60. The molecule has 1 fully saturated rings. The number of benzene rings is 3. The van der Waals surface area contributed by atoms with Crippen molar-refractivity contribution in [1.29, 1.82) is 0 Å². The molecule has 5 atom stereocenters. The van der Waals surface area contributed by atoms with Gasteiger partial charge in [-0.1, -0.05) is 13.8 Å². The molecular formula is C37H45N3O. The van der Waals surface area contributed by atoms with Gasteiger partial charge in [-0.3, -0.25) is 0 Å². The van der Waals surface area contributed by atoms with Gasteiger partial charge >= 0.3 is 0 Å².